The highest BCUT2D eigenvalue weighted by Crippen LogP contribution is 2.29. The summed E-state index contributed by atoms with van der Waals surface area (Å²) in [7, 11) is 0. The van der Waals surface area contributed by atoms with Gasteiger partial charge in [-0.05, 0) is 37.4 Å². The second-order valence-corrected chi connectivity index (χ2v) is 8.22. The molecule has 166 valence electrons. The number of fused-ring (bicyclic) bond motifs is 1. The van der Waals surface area contributed by atoms with Gasteiger partial charge in [0, 0.05) is 51.9 Å². The second-order valence-electron chi connectivity index (χ2n) is 8.22. The Bertz CT molecular complexity index is 1020. The molecular formula is C21H28N6O4. The van der Waals surface area contributed by atoms with E-state index >= 15 is 0 Å². The maximum absolute atomic E-state index is 12.7. The molecule has 0 unspecified atom stereocenters. The number of aromatic nitrogens is 2. The third-order valence-electron chi connectivity index (χ3n) is 6.42. The summed E-state index contributed by atoms with van der Waals surface area (Å²) in [4.78, 5) is 46.9. The van der Waals surface area contributed by atoms with Crippen molar-refractivity contribution < 1.29 is 9.72 Å². The van der Waals surface area contributed by atoms with Gasteiger partial charge in [-0.3, -0.25) is 24.1 Å². The summed E-state index contributed by atoms with van der Waals surface area (Å²) in [6, 6.07) is 5.05. The van der Waals surface area contributed by atoms with Crippen LogP contribution < -0.4 is 10.5 Å². The van der Waals surface area contributed by atoms with Crippen molar-refractivity contribution in [1.82, 2.24) is 19.2 Å². The maximum atomic E-state index is 12.7. The van der Waals surface area contributed by atoms with E-state index in [1.807, 2.05) is 9.80 Å². The molecule has 0 N–H and O–H groups in total. The number of likely N-dealkylation sites (N-methyl/N-ethyl adjacent to an activating group) is 1. The van der Waals surface area contributed by atoms with Crippen LogP contribution in [0.2, 0.25) is 0 Å². The van der Waals surface area contributed by atoms with Gasteiger partial charge in [-0.25, -0.2) is 4.98 Å². The molecule has 2 aliphatic heterocycles. The first kappa shape index (κ1) is 21.2. The highest BCUT2D eigenvalue weighted by Gasteiger charge is 2.31. The van der Waals surface area contributed by atoms with Gasteiger partial charge in [-0.1, -0.05) is 13.0 Å². The number of hydrogen-bond donors (Lipinski definition) is 0. The monoisotopic (exact) mass is 428 g/mol. The highest BCUT2D eigenvalue weighted by atomic mass is 16.6. The first-order chi connectivity index (χ1) is 15.0. The molecule has 4 rings (SSSR count). The molecule has 0 atom stereocenters. The van der Waals surface area contributed by atoms with Crippen LogP contribution in [0.5, 0.6) is 0 Å². The number of pyridine rings is 1. The first-order valence-corrected chi connectivity index (χ1v) is 10.9. The van der Waals surface area contributed by atoms with Gasteiger partial charge in [0.05, 0.1) is 4.92 Å². The lowest BCUT2D eigenvalue weighted by molar-refractivity contribution is -0.385. The van der Waals surface area contributed by atoms with Crippen LogP contribution in [0.25, 0.3) is 5.65 Å². The van der Waals surface area contributed by atoms with E-state index in [1.54, 1.807) is 18.2 Å². The van der Waals surface area contributed by atoms with Gasteiger partial charge in [0.15, 0.2) is 0 Å². The fraction of sp³-hybridized carbons (Fsp3) is 0.571. The average molecular weight is 428 g/mol. The summed E-state index contributed by atoms with van der Waals surface area (Å²) in [6.07, 6.45) is 3.48. The van der Waals surface area contributed by atoms with E-state index in [2.05, 4.69) is 16.8 Å². The van der Waals surface area contributed by atoms with Crippen LogP contribution in [-0.2, 0) is 4.79 Å². The third-order valence-corrected chi connectivity index (χ3v) is 6.42. The molecule has 0 radical (unpaired) electrons. The first-order valence-electron chi connectivity index (χ1n) is 10.9. The number of nitro groups is 1. The Labute approximate surface area is 180 Å². The minimum Gasteiger partial charge on any atom is -0.351 e. The van der Waals surface area contributed by atoms with Gasteiger partial charge in [-0.2, -0.15) is 0 Å². The number of anilines is 1. The van der Waals surface area contributed by atoms with Crippen molar-refractivity contribution in [2.24, 2.45) is 5.92 Å². The van der Waals surface area contributed by atoms with E-state index in [9.17, 15) is 19.7 Å². The lowest BCUT2D eigenvalue weighted by Crippen LogP contribution is -2.49. The Morgan fingerprint density at radius 3 is 2.52 bits per heavy atom. The molecule has 10 heteroatoms. The molecular weight excluding hydrogens is 400 g/mol. The zero-order chi connectivity index (χ0) is 22.0. The molecule has 0 spiro atoms. The van der Waals surface area contributed by atoms with Gasteiger partial charge in [0.2, 0.25) is 11.7 Å². The van der Waals surface area contributed by atoms with E-state index < -0.39 is 16.2 Å². The molecule has 0 aliphatic carbocycles. The lowest BCUT2D eigenvalue weighted by Gasteiger charge is -2.36. The molecule has 31 heavy (non-hydrogen) atoms. The van der Waals surface area contributed by atoms with Gasteiger partial charge < -0.3 is 14.7 Å². The van der Waals surface area contributed by atoms with E-state index in [1.165, 1.54) is 10.6 Å². The average Bonchev–Trinajstić information content (AvgIpc) is 2.79. The number of carbonyl (C=O) groups is 1. The van der Waals surface area contributed by atoms with E-state index in [0.29, 0.717) is 25.2 Å². The third kappa shape index (κ3) is 4.39. The van der Waals surface area contributed by atoms with Crippen LogP contribution in [-0.4, -0.2) is 75.8 Å². The lowest BCUT2D eigenvalue weighted by atomic mass is 9.92. The van der Waals surface area contributed by atoms with Crippen molar-refractivity contribution in [3.63, 3.8) is 0 Å². The topological polar surface area (TPSA) is 104 Å². The van der Waals surface area contributed by atoms with Crippen LogP contribution in [0.15, 0.2) is 29.2 Å². The van der Waals surface area contributed by atoms with Gasteiger partial charge in [-0.15, -0.1) is 0 Å². The van der Waals surface area contributed by atoms with E-state index in [-0.39, 0.29) is 17.6 Å². The number of carbonyl (C=O) groups excluding carboxylic acids is 1. The van der Waals surface area contributed by atoms with Gasteiger partial charge >= 0.3 is 11.2 Å². The standard InChI is InChI=1S/C21H28N6O4/c1-2-23-11-13-24(14-12-23)18(28)15-16-6-9-25(10-7-16)20-19(27(30)31)21(29)26-8-4-3-5-17(26)22-20/h3-5,8,16H,2,6-7,9-15H2,1H3. The summed E-state index contributed by atoms with van der Waals surface area (Å²) in [5.41, 5.74) is -0.780. The SMILES string of the molecule is CCN1CCN(C(=O)CC2CCN(c3nc4ccccn4c(=O)c3[N+](=O)[O-])CC2)CC1. The van der Waals surface area contributed by atoms with Gasteiger partial charge in [0.25, 0.3) is 0 Å². The highest BCUT2D eigenvalue weighted by molar-refractivity contribution is 5.76. The van der Waals surface area contributed by atoms with Gasteiger partial charge in [0.1, 0.15) is 5.65 Å². The normalized spacial score (nSPS) is 18.5. The maximum Gasteiger partial charge on any atom is 0.376 e. The fourth-order valence-electron chi connectivity index (χ4n) is 4.49. The number of rotatable bonds is 5. The molecule has 2 aromatic rings. The smallest absolute Gasteiger partial charge is 0.351 e. The van der Waals surface area contributed by atoms with Crippen molar-refractivity contribution >= 4 is 23.1 Å². The molecule has 2 fully saturated rings. The molecule has 10 nitrogen and oxygen atoms in total. The number of amides is 1. The van der Waals surface area contributed by atoms with Crippen molar-refractivity contribution in [2.45, 2.75) is 26.2 Å². The Morgan fingerprint density at radius 2 is 1.87 bits per heavy atom. The molecule has 0 aromatic carbocycles. The van der Waals surface area contributed by atoms with E-state index in [4.69, 9.17) is 0 Å². The zero-order valence-electron chi connectivity index (χ0n) is 17.8. The summed E-state index contributed by atoms with van der Waals surface area (Å²) in [5, 5.41) is 11.6. The molecule has 0 bridgehead atoms. The number of piperidine rings is 1. The Kier molecular flexibility index (Phi) is 6.17. The summed E-state index contributed by atoms with van der Waals surface area (Å²) in [6.45, 7) is 7.63. The van der Waals surface area contributed by atoms with Crippen LogP contribution >= 0.6 is 0 Å². The fourth-order valence-corrected chi connectivity index (χ4v) is 4.49. The molecule has 2 aliphatic rings. The van der Waals surface area contributed by atoms with Crippen LogP contribution in [0.4, 0.5) is 11.5 Å². The van der Waals surface area contributed by atoms with Crippen molar-refractivity contribution in [3.8, 4) is 0 Å². The molecule has 1 amide bonds. The quantitative estimate of drug-likeness (QED) is 0.523. The van der Waals surface area contributed by atoms with Crippen molar-refractivity contribution in [2.75, 3.05) is 50.7 Å². The second kappa shape index (κ2) is 9.01. The molecule has 0 saturated carbocycles. The Morgan fingerprint density at radius 1 is 1.16 bits per heavy atom. The predicted molar refractivity (Wildman–Crippen MR) is 116 cm³/mol. The van der Waals surface area contributed by atoms with Crippen molar-refractivity contribution in [3.05, 3.63) is 44.9 Å². The van der Waals surface area contributed by atoms with Crippen molar-refractivity contribution in [1.29, 1.82) is 0 Å². The minimum atomic E-state index is -0.672. The number of hydrogen-bond acceptors (Lipinski definition) is 7. The minimum absolute atomic E-state index is 0.127. The van der Waals surface area contributed by atoms with Crippen LogP contribution in [0, 0.1) is 16.0 Å². The van der Waals surface area contributed by atoms with Crippen LogP contribution in [0.1, 0.15) is 26.2 Å². The Hall–Kier alpha value is -3.01. The predicted octanol–water partition coefficient (Wildman–Crippen LogP) is 1.37. The molecule has 2 saturated heterocycles. The van der Waals surface area contributed by atoms with Crippen LogP contribution in [0.3, 0.4) is 0 Å². The number of nitrogens with zero attached hydrogens (tertiary/aromatic N) is 6. The zero-order valence-corrected chi connectivity index (χ0v) is 17.8. The largest absolute Gasteiger partial charge is 0.376 e. The number of piperazine rings is 1. The molecule has 4 heterocycles. The summed E-state index contributed by atoms with van der Waals surface area (Å²) < 4.78 is 1.20. The molecule has 2 aromatic heterocycles. The van der Waals surface area contributed by atoms with E-state index in [0.717, 1.165) is 45.6 Å². The summed E-state index contributed by atoms with van der Waals surface area (Å²) in [5.74, 6) is 0.567. The Balaban J connectivity index is 1.43. The summed E-state index contributed by atoms with van der Waals surface area (Å²) >= 11 is 0.